The molecule has 0 radical (unpaired) electrons. The van der Waals surface area contributed by atoms with E-state index in [9.17, 15) is 30.0 Å². The third kappa shape index (κ3) is 8.74. The Labute approximate surface area is 357 Å². The Bertz CT molecular complexity index is 1490. The summed E-state index contributed by atoms with van der Waals surface area (Å²) in [6.07, 6.45) is 20.3. The molecule has 6 rings (SSSR count). The first-order valence-corrected chi connectivity index (χ1v) is 24.3. The summed E-state index contributed by atoms with van der Waals surface area (Å²) in [6.45, 7) is 18.6. The van der Waals surface area contributed by atoms with Gasteiger partial charge in [-0.25, -0.2) is 0 Å². The second-order valence-electron chi connectivity index (χ2n) is 22.7. The first-order chi connectivity index (χ1) is 27.8. The molecular formula is C50H85NO8. The number of ether oxygens (including phenoxy) is 2. The number of aliphatic hydroxyl groups is 3. The van der Waals surface area contributed by atoms with E-state index in [1.54, 1.807) is 0 Å². The molecule has 1 amide bonds. The van der Waals surface area contributed by atoms with E-state index in [1.165, 1.54) is 56.9 Å². The van der Waals surface area contributed by atoms with Crippen LogP contribution in [0.2, 0.25) is 0 Å². The lowest BCUT2D eigenvalue weighted by Gasteiger charge is -2.71. The van der Waals surface area contributed by atoms with Crippen LogP contribution in [0.3, 0.4) is 0 Å². The summed E-state index contributed by atoms with van der Waals surface area (Å²) in [7, 11) is 0. The van der Waals surface area contributed by atoms with Gasteiger partial charge in [-0.2, -0.15) is 0 Å². The summed E-state index contributed by atoms with van der Waals surface area (Å²) < 4.78 is 13.1. The highest BCUT2D eigenvalue weighted by atomic mass is 16.7. The number of aliphatic hydroxyl groups excluding tert-OH is 3. The molecule has 0 spiro atoms. The van der Waals surface area contributed by atoms with E-state index < -0.39 is 48.6 Å². The Morgan fingerprint density at radius 3 is 2.05 bits per heavy atom. The Morgan fingerprint density at radius 1 is 0.797 bits per heavy atom. The molecule has 5 aliphatic carbocycles. The van der Waals surface area contributed by atoms with Crippen molar-refractivity contribution in [3.05, 3.63) is 11.6 Å². The molecule has 338 valence electrons. The summed E-state index contributed by atoms with van der Waals surface area (Å²) in [4.78, 5) is 26.4. The van der Waals surface area contributed by atoms with Crippen LogP contribution in [0, 0.1) is 50.2 Å². The fraction of sp³-hybridized carbons (Fsp3) is 0.920. The average molecular weight is 828 g/mol. The van der Waals surface area contributed by atoms with Crippen molar-refractivity contribution >= 4 is 11.9 Å². The number of allylic oxidation sites excluding steroid dienone is 2. The number of unbranched alkanes of at least 4 members (excludes halogenated alkanes) is 10. The van der Waals surface area contributed by atoms with E-state index in [-0.39, 0.29) is 45.0 Å². The van der Waals surface area contributed by atoms with E-state index in [1.807, 2.05) is 0 Å². The van der Waals surface area contributed by atoms with Crippen molar-refractivity contribution in [1.82, 2.24) is 5.32 Å². The monoisotopic (exact) mass is 828 g/mol. The Hall–Kier alpha value is -1.52. The van der Waals surface area contributed by atoms with Crippen molar-refractivity contribution in [2.75, 3.05) is 6.61 Å². The number of hydrogen-bond donors (Lipinski definition) is 5. The molecule has 1 aliphatic heterocycles. The zero-order valence-electron chi connectivity index (χ0n) is 38.5. The molecule has 6 aliphatic rings. The zero-order valence-corrected chi connectivity index (χ0v) is 38.5. The molecular weight excluding hydrogens is 743 g/mol. The van der Waals surface area contributed by atoms with E-state index in [0.29, 0.717) is 18.3 Å². The van der Waals surface area contributed by atoms with Gasteiger partial charge in [0.05, 0.1) is 18.1 Å². The maximum Gasteiger partial charge on any atom is 0.310 e. The number of carboxylic acids is 1. The van der Waals surface area contributed by atoms with E-state index >= 15 is 0 Å². The van der Waals surface area contributed by atoms with E-state index in [4.69, 9.17) is 9.47 Å². The van der Waals surface area contributed by atoms with E-state index in [0.717, 1.165) is 83.5 Å². The van der Waals surface area contributed by atoms with Gasteiger partial charge in [0.25, 0.3) is 0 Å². The maximum absolute atomic E-state index is 13.3. The lowest BCUT2D eigenvalue weighted by molar-refractivity contribution is -0.306. The lowest BCUT2D eigenvalue weighted by Crippen LogP contribution is -2.67. The van der Waals surface area contributed by atoms with Crippen LogP contribution in [0.15, 0.2) is 11.6 Å². The van der Waals surface area contributed by atoms with Crippen molar-refractivity contribution in [3.8, 4) is 0 Å². The number of hydrogen-bond acceptors (Lipinski definition) is 7. The largest absolute Gasteiger partial charge is 0.481 e. The van der Waals surface area contributed by atoms with E-state index in [2.05, 4.69) is 66.8 Å². The molecule has 0 unspecified atom stereocenters. The summed E-state index contributed by atoms with van der Waals surface area (Å²) in [5.74, 6) is 0.108. The first kappa shape index (κ1) is 47.0. The van der Waals surface area contributed by atoms with Crippen LogP contribution in [-0.2, 0) is 19.1 Å². The highest BCUT2D eigenvalue weighted by Crippen LogP contribution is 2.76. The number of carbonyl (C=O) groups is 2. The molecule has 5 fully saturated rings. The van der Waals surface area contributed by atoms with Gasteiger partial charge in [0.2, 0.25) is 5.91 Å². The van der Waals surface area contributed by atoms with Crippen LogP contribution in [0.4, 0.5) is 0 Å². The minimum atomic E-state index is -1.35. The van der Waals surface area contributed by atoms with Crippen molar-refractivity contribution in [2.45, 2.75) is 233 Å². The molecule has 0 aromatic rings. The average Bonchev–Trinajstić information content (AvgIpc) is 3.17. The van der Waals surface area contributed by atoms with Gasteiger partial charge in [-0.15, -0.1) is 0 Å². The number of amides is 1. The smallest absolute Gasteiger partial charge is 0.310 e. The number of rotatable bonds is 17. The summed E-state index contributed by atoms with van der Waals surface area (Å²) >= 11 is 0. The molecule has 0 aromatic heterocycles. The van der Waals surface area contributed by atoms with Crippen LogP contribution < -0.4 is 5.32 Å². The van der Waals surface area contributed by atoms with Gasteiger partial charge in [0, 0.05) is 6.42 Å². The minimum absolute atomic E-state index is 0.0353. The number of carbonyl (C=O) groups excluding carboxylic acids is 1. The summed E-state index contributed by atoms with van der Waals surface area (Å²) in [5.41, 5.74) is 0.697. The van der Waals surface area contributed by atoms with Crippen molar-refractivity contribution in [1.29, 1.82) is 0 Å². The molecule has 1 saturated heterocycles. The number of carboxylic acid groups (broad SMARTS) is 1. The Balaban J connectivity index is 1.12. The maximum atomic E-state index is 13.3. The van der Waals surface area contributed by atoms with Gasteiger partial charge in [0.1, 0.15) is 24.4 Å². The SMILES string of the molecule is CCCCCCCCCCCCCC(=O)N[C@H]1[C@H](O[C@H]2CC[C@]3(C)[C@H]4CC=C5[C@@H]6CC(C)(C)CC[C@]6(C(=O)O)CC[C@@]5(C)[C@]4(C)CC[C@H]3C2(C)C)O[C@H](CO)[C@@H](O)[C@@H]1O. The van der Waals surface area contributed by atoms with Crippen molar-refractivity contribution < 1.29 is 39.5 Å². The molecule has 9 heteroatoms. The fourth-order valence-corrected chi connectivity index (χ4v) is 14.6. The Morgan fingerprint density at radius 2 is 1.42 bits per heavy atom. The fourth-order valence-electron chi connectivity index (χ4n) is 14.6. The predicted molar refractivity (Wildman–Crippen MR) is 232 cm³/mol. The predicted octanol–water partition coefficient (Wildman–Crippen LogP) is 9.88. The molecule has 9 nitrogen and oxygen atoms in total. The highest BCUT2D eigenvalue weighted by molar-refractivity contribution is 5.77. The van der Waals surface area contributed by atoms with Gasteiger partial charge in [-0.3, -0.25) is 9.59 Å². The van der Waals surface area contributed by atoms with Crippen LogP contribution in [0.25, 0.3) is 0 Å². The third-order valence-electron chi connectivity index (χ3n) is 18.5. The van der Waals surface area contributed by atoms with Crippen LogP contribution in [0.5, 0.6) is 0 Å². The summed E-state index contributed by atoms with van der Waals surface area (Å²) in [6, 6.07) is -0.956. The Kier molecular flexibility index (Phi) is 14.6. The minimum Gasteiger partial charge on any atom is -0.481 e. The quantitative estimate of drug-likeness (QED) is 0.0554. The second kappa shape index (κ2) is 18.3. The first-order valence-electron chi connectivity index (χ1n) is 24.3. The van der Waals surface area contributed by atoms with Gasteiger partial charge in [-0.1, -0.05) is 131 Å². The summed E-state index contributed by atoms with van der Waals surface area (Å²) in [5, 5.41) is 46.1. The lowest BCUT2D eigenvalue weighted by atomic mass is 9.33. The van der Waals surface area contributed by atoms with Gasteiger partial charge in [0.15, 0.2) is 6.29 Å². The van der Waals surface area contributed by atoms with Gasteiger partial charge >= 0.3 is 5.97 Å². The molecule has 1 heterocycles. The third-order valence-corrected chi connectivity index (χ3v) is 18.5. The molecule has 4 saturated carbocycles. The molecule has 59 heavy (non-hydrogen) atoms. The standard InChI is InChI=1S/C50H85NO8/c1-9-10-11-12-13-14-15-16-17-18-19-20-39(53)51-40-42(55)41(54)35(32-52)58-43(40)59-38-24-25-47(6)36(46(38,4)5)23-26-49(8)37(47)22-21-33-34-31-45(2,3)27-29-50(34,44(56)57)30-28-48(33,49)7/h21,34-38,40-43,52,54-55H,9-20,22-32H2,1-8H3,(H,51,53)(H,56,57)/t34-,35+,36-,37+,38-,40+,41+,42+,43-,47-,48+,49+,50-/m0/s1. The number of aliphatic carboxylic acids is 1. The molecule has 5 N–H and O–H groups in total. The van der Waals surface area contributed by atoms with Crippen LogP contribution >= 0.6 is 0 Å². The van der Waals surface area contributed by atoms with Crippen molar-refractivity contribution in [3.63, 3.8) is 0 Å². The van der Waals surface area contributed by atoms with Crippen molar-refractivity contribution in [2.24, 2.45) is 50.2 Å². The second-order valence-corrected chi connectivity index (χ2v) is 22.7. The zero-order chi connectivity index (χ0) is 43.0. The molecule has 0 bridgehead atoms. The topological polar surface area (TPSA) is 146 Å². The van der Waals surface area contributed by atoms with Gasteiger partial charge < -0.3 is 35.2 Å². The normalized spacial score (nSPS) is 42.4. The highest BCUT2D eigenvalue weighted by Gasteiger charge is 2.69. The molecule has 0 aromatic carbocycles. The van der Waals surface area contributed by atoms with Crippen LogP contribution in [0.1, 0.15) is 197 Å². The van der Waals surface area contributed by atoms with Gasteiger partial charge in [-0.05, 0) is 115 Å². The van der Waals surface area contributed by atoms with Crippen LogP contribution in [-0.4, -0.2) is 75.7 Å². The number of fused-ring (bicyclic) bond motifs is 7. The molecule has 13 atom stereocenters. The number of nitrogens with one attached hydrogen (secondary N) is 1.